The van der Waals surface area contributed by atoms with Crippen LogP contribution in [-0.2, 0) is 20.1 Å². The van der Waals surface area contributed by atoms with Gasteiger partial charge in [-0.3, -0.25) is 4.79 Å². The molecule has 7 nitrogen and oxygen atoms in total. The highest BCUT2D eigenvalue weighted by Gasteiger charge is 2.26. The second kappa shape index (κ2) is 11.0. The first kappa shape index (κ1) is 24.8. The quantitative estimate of drug-likeness (QED) is 0.227. The van der Waals surface area contributed by atoms with Crippen molar-refractivity contribution in [1.82, 2.24) is 14.7 Å². The molecule has 0 aliphatic rings. The van der Waals surface area contributed by atoms with Gasteiger partial charge in [0.2, 0.25) is 5.88 Å². The van der Waals surface area contributed by atoms with Crippen LogP contribution >= 0.6 is 0 Å². The van der Waals surface area contributed by atoms with Crippen molar-refractivity contribution in [2.24, 2.45) is 7.05 Å². The van der Waals surface area contributed by atoms with Gasteiger partial charge >= 0.3 is 0 Å². The summed E-state index contributed by atoms with van der Waals surface area (Å²) in [5, 5.41) is 4.74. The first-order valence-electron chi connectivity index (χ1n) is 12.0. The monoisotopic (exact) mass is 511 g/mol. The molecule has 0 bridgehead atoms. The molecule has 2 aromatic heterocycles. The van der Waals surface area contributed by atoms with Gasteiger partial charge in [0, 0.05) is 18.2 Å². The van der Waals surface area contributed by atoms with Crippen molar-refractivity contribution in [1.29, 1.82) is 0 Å². The SMILES string of the molecule is COc1cccc(C(=O)N(Cc2ccco2)Cc2c(-c3ccccc3)nn(C)c2Oc2ccc(F)cc2)c1. The maximum absolute atomic E-state index is 13.8. The van der Waals surface area contributed by atoms with Gasteiger partial charge in [-0.25, -0.2) is 9.07 Å². The Bertz CT molecular complexity index is 1510. The lowest BCUT2D eigenvalue weighted by Crippen LogP contribution is -2.30. The fourth-order valence-corrected chi connectivity index (χ4v) is 4.18. The summed E-state index contributed by atoms with van der Waals surface area (Å²) in [6.07, 6.45) is 1.58. The van der Waals surface area contributed by atoms with Gasteiger partial charge in [-0.05, 0) is 54.6 Å². The number of amides is 1. The van der Waals surface area contributed by atoms with E-state index in [2.05, 4.69) is 0 Å². The Morgan fingerprint density at radius 2 is 1.74 bits per heavy atom. The van der Waals surface area contributed by atoms with E-state index in [0.717, 1.165) is 5.56 Å². The molecule has 1 amide bonds. The Morgan fingerprint density at radius 3 is 2.45 bits per heavy atom. The normalized spacial score (nSPS) is 10.8. The van der Waals surface area contributed by atoms with Crippen LogP contribution in [0.15, 0.2) is 102 Å². The predicted molar refractivity (Wildman–Crippen MR) is 140 cm³/mol. The molecule has 38 heavy (non-hydrogen) atoms. The first-order chi connectivity index (χ1) is 18.5. The Balaban J connectivity index is 1.58. The van der Waals surface area contributed by atoms with E-state index in [-0.39, 0.29) is 24.8 Å². The number of carbonyl (C=O) groups is 1. The third-order valence-corrected chi connectivity index (χ3v) is 6.04. The van der Waals surface area contributed by atoms with E-state index in [0.29, 0.717) is 40.0 Å². The van der Waals surface area contributed by atoms with Crippen LogP contribution in [0.4, 0.5) is 4.39 Å². The number of halogens is 1. The van der Waals surface area contributed by atoms with Crippen molar-refractivity contribution in [3.63, 3.8) is 0 Å². The smallest absolute Gasteiger partial charge is 0.254 e. The van der Waals surface area contributed by atoms with Crippen molar-refractivity contribution in [2.45, 2.75) is 13.1 Å². The molecule has 0 atom stereocenters. The minimum atomic E-state index is -0.360. The maximum atomic E-state index is 13.8. The lowest BCUT2D eigenvalue weighted by atomic mass is 10.1. The van der Waals surface area contributed by atoms with Gasteiger partial charge in [0.15, 0.2) is 0 Å². The van der Waals surface area contributed by atoms with Crippen LogP contribution in [0.1, 0.15) is 21.7 Å². The molecule has 0 N–H and O–H groups in total. The average Bonchev–Trinajstić information content (AvgIpc) is 3.57. The summed E-state index contributed by atoms with van der Waals surface area (Å²) in [5.74, 6) is 1.54. The number of benzene rings is 3. The summed E-state index contributed by atoms with van der Waals surface area (Å²) in [6, 6.07) is 26.1. The fraction of sp³-hybridized carbons (Fsp3) is 0.133. The largest absolute Gasteiger partial charge is 0.497 e. The molecule has 5 aromatic rings. The van der Waals surface area contributed by atoms with Crippen LogP contribution < -0.4 is 9.47 Å². The number of nitrogens with zero attached hydrogens (tertiary/aromatic N) is 3. The van der Waals surface area contributed by atoms with Gasteiger partial charge in [0.05, 0.1) is 32.0 Å². The highest BCUT2D eigenvalue weighted by molar-refractivity contribution is 5.94. The summed E-state index contributed by atoms with van der Waals surface area (Å²) in [4.78, 5) is 15.5. The van der Waals surface area contributed by atoms with Crippen LogP contribution in [-0.4, -0.2) is 27.7 Å². The second-order valence-electron chi connectivity index (χ2n) is 8.65. The highest BCUT2D eigenvalue weighted by atomic mass is 19.1. The molecule has 0 aliphatic carbocycles. The minimum absolute atomic E-state index is 0.172. The summed E-state index contributed by atoms with van der Waals surface area (Å²) in [5.41, 5.74) is 2.72. The van der Waals surface area contributed by atoms with Crippen LogP contribution in [0.3, 0.4) is 0 Å². The Morgan fingerprint density at radius 1 is 0.947 bits per heavy atom. The molecule has 8 heteroatoms. The molecule has 2 heterocycles. The van der Waals surface area contributed by atoms with E-state index in [1.54, 1.807) is 72.5 Å². The lowest BCUT2D eigenvalue weighted by Gasteiger charge is -2.23. The van der Waals surface area contributed by atoms with Gasteiger partial charge in [0.25, 0.3) is 5.91 Å². The summed E-state index contributed by atoms with van der Waals surface area (Å²) < 4.78 is 32.3. The third-order valence-electron chi connectivity index (χ3n) is 6.04. The Labute approximate surface area is 219 Å². The molecule has 0 aliphatic heterocycles. The third kappa shape index (κ3) is 5.44. The molecule has 192 valence electrons. The first-order valence-corrected chi connectivity index (χ1v) is 12.0. The number of hydrogen-bond acceptors (Lipinski definition) is 5. The van der Waals surface area contributed by atoms with Crippen LogP contribution in [0, 0.1) is 5.82 Å². The predicted octanol–water partition coefficient (Wildman–Crippen LogP) is 6.46. The van der Waals surface area contributed by atoms with Gasteiger partial charge in [-0.1, -0.05) is 36.4 Å². The van der Waals surface area contributed by atoms with Crippen molar-refractivity contribution in [3.8, 4) is 28.6 Å². The zero-order valence-electron chi connectivity index (χ0n) is 21.0. The number of rotatable bonds is 9. The van der Waals surface area contributed by atoms with E-state index in [1.165, 1.54) is 12.1 Å². The number of hydrogen-bond donors (Lipinski definition) is 0. The molecule has 0 saturated carbocycles. The maximum Gasteiger partial charge on any atom is 0.254 e. The molecule has 0 fully saturated rings. The van der Waals surface area contributed by atoms with E-state index < -0.39 is 0 Å². The zero-order chi connectivity index (χ0) is 26.5. The molecule has 0 radical (unpaired) electrons. The number of methoxy groups -OCH3 is 1. The number of aryl methyl sites for hydroxylation is 1. The fourth-order valence-electron chi connectivity index (χ4n) is 4.18. The van der Waals surface area contributed by atoms with E-state index in [4.69, 9.17) is 19.0 Å². The van der Waals surface area contributed by atoms with Crippen molar-refractivity contribution >= 4 is 5.91 Å². The van der Waals surface area contributed by atoms with Crippen LogP contribution in [0.5, 0.6) is 17.4 Å². The van der Waals surface area contributed by atoms with Gasteiger partial charge in [-0.15, -0.1) is 0 Å². The van der Waals surface area contributed by atoms with Gasteiger partial charge < -0.3 is 18.8 Å². The van der Waals surface area contributed by atoms with Crippen molar-refractivity contribution in [3.05, 3.63) is 120 Å². The topological polar surface area (TPSA) is 69.7 Å². The lowest BCUT2D eigenvalue weighted by molar-refractivity contribution is 0.0716. The zero-order valence-corrected chi connectivity index (χ0v) is 21.0. The molecule has 3 aromatic carbocycles. The van der Waals surface area contributed by atoms with Gasteiger partial charge in [0.1, 0.15) is 28.8 Å². The molecule has 5 rings (SSSR count). The summed E-state index contributed by atoms with van der Waals surface area (Å²) in [7, 11) is 3.33. The minimum Gasteiger partial charge on any atom is -0.497 e. The molecule has 0 unspecified atom stereocenters. The summed E-state index contributed by atoms with van der Waals surface area (Å²) >= 11 is 0. The van der Waals surface area contributed by atoms with Crippen molar-refractivity contribution < 1.29 is 23.1 Å². The molecule has 0 spiro atoms. The van der Waals surface area contributed by atoms with E-state index in [1.807, 2.05) is 36.4 Å². The summed E-state index contributed by atoms with van der Waals surface area (Å²) in [6.45, 7) is 0.396. The number of carbonyl (C=O) groups excluding carboxylic acids is 1. The Hall–Kier alpha value is -4.85. The van der Waals surface area contributed by atoms with E-state index in [9.17, 15) is 9.18 Å². The van der Waals surface area contributed by atoms with Crippen LogP contribution in [0.2, 0.25) is 0 Å². The number of aromatic nitrogens is 2. The Kier molecular flexibility index (Phi) is 7.21. The number of furan rings is 1. The van der Waals surface area contributed by atoms with Gasteiger partial charge in [-0.2, -0.15) is 5.10 Å². The molecular weight excluding hydrogens is 485 g/mol. The second-order valence-corrected chi connectivity index (χ2v) is 8.65. The molecular formula is C30H26FN3O4. The number of ether oxygens (including phenoxy) is 2. The highest BCUT2D eigenvalue weighted by Crippen LogP contribution is 2.35. The van der Waals surface area contributed by atoms with Crippen LogP contribution in [0.25, 0.3) is 11.3 Å². The molecule has 0 saturated heterocycles. The average molecular weight is 512 g/mol. The standard InChI is InChI=1S/C30H26FN3O4/c1-33-30(38-24-15-13-23(31)14-16-24)27(28(32-33)21-8-4-3-5-9-21)20-34(19-26-12-7-17-37-26)29(35)22-10-6-11-25(18-22)36-2/h3-18H,19-20H2,1-2H3. The van der Waals surface area contributed by atoms with Crippen molar-refractivity contribution in [2.75, 3.05) is 7.11 Å². The van der Waals surface area contributed by atoms with E-state index >= 15 is 0 Å².